The molecule has 5 nitrogen and oxygen atoms in total. The molecule has 0 spiro atoms. The van der Waals surface area contributed by atoms with Crippen LogP contribution in [0.5, 0.6) is 0 Å². The number of hydrogen-bond acceptors (Lipinski definition) is 2. The highest BCUT2D eigenvalue weighted by Gasteiger charge is 2.20. The third-order valence-corrected chi connectivity index (χ3v) is 2.70. The normalized spacial score (nSPS) is 10.5. The van der Waals surface area contributed by atoms with Gasteiger partial charge in [-0.05, 0) is 19.1 Å². The number of aromatic nitrogens is 2. The first kappa shape index (κ1) is 11.2. The van der Waals surface area contributed by atoms with Crippen LogP contribution in [0.15, 0.2) is 35.1 Å². The average Bonchev–Trinajstić information content (AvgIpc) is 2.51. The van der Waals surface area contributed by atoms with Crippen LogP contribution in [0.2, 0.25) is 0 Å². The maximum Gasteiger partial charge on any atom is 0.343 e. The van der Waals surface area contributed by atoms with E-state index in [9.17, 15) is 9.59 Å². The molecule has 1 heterocycles. The molecular formula is C12H12N2O3. The number of aromatic carboxylic acids is 1. The summed E-state index contributed by atoms with van der Waals surface area (Å²) in [7, 11) is 1.55. The van der Waals surface area contributed by atoms with Crippen molar-refractivity contribution in [1.82, 2.24) is 9.36 Å². The van der Waals surface area contributed by atoms with Gasteiger partial charge in [0.1, 0.15) is 5.56 Å². The van der Waals surface area contributed by atoms with E-state index < -0.39 is 11.5 Å². The van der Waals surface area contributed by atoms with Crippen molar-refractivity contribution in [2.24, 2.45) is 7.05 Å². The number of hydrogen-bond donors (Lipinski definition) is 1. The summed E-state index contributed by atoms with van der Waals surface area (Å²) in [6.45, 7) is 1.62. The van der Waals surface area contributed by atoms with Gasteiger partial charge in [0, 0.05) is 7.05 Å². The zero-order chi connectivity index (χ0) is 12.6. The van der Waals surface area contributed by atoms with Crippen LogP contribution in [0.25, 0.3) is 5.69 Å². The molecule has 17 heavy (non-hydrogen) atoms. The second-order valence-electron chi connectivity index (χ2n) is 3.74. The summed E-state index contributed by atoms with van der Waals surface area (Å²) in [5.74, 6) is -1.20. The Morgan fingerprint density at radius 3 is 2.29 bits per heavy atom. The largest absolute Gasteiger partial charge is 0.477 e. The smallest absolute Gasteiger partial charge is 0.343 e. The van der Waals surface area contributed by atoms with Crippen molar-refractivity contribution >= 4 is 5.97 Å². The summed E-state index contributed by atoms with van der Waals surface area (Å²) in [4.78, 5) is 22.8. The topological polar surface area (TPSA) is 64.2 Å². The number of rotatable bonds is 2. The molecule has 0 unspecified atom stereocenters. The lowest BCUT2D eigenvalue weighted by atomic mass is 10.2. The lowest BCUT2D eigenvalue weighted by Crippen LogP contribution is -2.21. The number of para-hydroxylation sites is 1. The number of carboxylic acid groups (broad SMARTS) is 1. The molecule has 0 saturated heterocycles. The Morgan fingerprint density at radius 1 is 1.24 bits per heavy atom. The molecule has 1 aromatic heterocycles. The van der Waals surface area contributed by atoms with Gasteiger partial charge < -0.3 is 5.11 Å². The van der Waals surface area contributed by atoms with Crippen LogP contribution >= 0.6 is 0 Å². The third kappa shape index (κ3) is 1.65. The standard InChI is InChI=1S/C12H12N2O3/c1-8-10(12(16)17)11(15)13(2)14(8)9-6-4-3-5-7-9/h3-7H,1-2H3,(H,16,17). The fourth-order valence-corrected chi connectivity index (χ4v) is 1.92. The van der Waals surface area contributed by atoms with E-state index in [1.54, 1.807) is 18.7 Å². The fraction of sp³-hybridized carbons (Fsp3) is 0.167. The first-order chi connectivity index (χ1) is 8.04. The fourth-order valence-electron chi connectivity index (χ4n) is 1.92. The highest BCUT2D eigenvalue weighted by atomic mass is 16.4. The Balaban J connectivity index is 2.77. The Bertz CT molecular complexity index is 623. The summed E-state index contributed by atoms with van der Waals surface area (Å²) in [6, 6.07) is 9.16. The maximum atomic E-state index is 11.8. The van der Waals surface area contributed by atoms with Crippen molar-refractivity contribution in [3.8, 4) is 5.69 Å². The van der Waals surface area contributed by atoms with Gasteiger partial charge in [-0.2, -0.15) is 0 Å². The monoisotopic (exact) mass is 232 g/mol. The number of benzene rings is 1. The van der Waals surface area contributed by atoms with E-state index >= 15 is 0 Å². The SMILES string of the molecule is Cc1c(C(=O)O)c(=O)n(C)n1-c1ccccc1. The van der Waals surface area contributed by atoms with Crippen LogP contribution in [0.3, 0.4) is 0 Å². The molecule has 0 amide bonds. The van der Waals surface area contributed by atoms with E-state index in [-0.39, 0.29) is 5.56 Å². The van der Waals surface area contributed by atoms with E-state index in [2.05, 4.69) is 0 Å². The van der Waals surface area contributed by atoms with Gasteiger partial charge in [-0.15, -0.1) is 0 Å². The Kier molecular flexibility index (Phi) is 2.59. The predicted molar refractivity (Wildman–Crippen MR) is 62.7 cm³/mol. The highest BCUT2D eigenvalue weighted by molar-refractivity contribution is 5.88. The quantitative estimate of drug-likeness (QED) is 0.845. The molecule has 88 valence electrons. The van der Waals surface area contributed by atoms with Gasteiger partial charge in [-0.1, -0.05) is 18.2 Å². The molecule has 0 saturated carbocycles. The number of nitrogens with zero attached hydrogens (tertiary/aromatic N) is 2. The molecule has 0 radical (unpaired) electrons. The minimum absolute atomic E-state index is 0.184. The van der Waals surface area contributed by atoms with Gasteiger partial charge >= 0.3 is 5.97 Å². The molecule has 2 aromatic rings. The summed E-state index contributed by atoms with van der Waals surface area (Å²) in [5.41, 5.74) is 0.503. The van der Waals surface area contributed by atoms with Crippen molar-refractivity contribution in [3.63, 3.8) is 0 Å². The van der Waals surface area contributed by atoms with Crippen LogP contribution < -0.4 is 5.56 Å². The molecule has 0 aliphatic heterocycles. The lowest BCUT2D eigenvalue weighted by Gasteiger charge is -2.09. The Morgan fingerprint density at radius 2 is 1.82 bits per heavy atom. The molecule has 0 aliphatic carbocycles. The van der Waals surface area contributed by atoms with Crippen LogP contribution in [0, 0.1) is 6.92 Å². The second kappa shape index (κ2) is 3.93. The first-order valence-electron chi connectivity index (χ1n) is 5.11. The van der Waals surface area contributed by atoms with Crippen molar-refractivity contribution in [2.75, 3.05) is 0 Å². The van der Waals surface area contributed by atoms with Crippen molar-refractivity contribution in [1.29, 1.82) is 0 Å². The molecule has 1 N–H and O–H groups in total. The Labute approximate surface area is 97.5 Å². The second-order valence-corrected chi connectivity index (χ2v) is 3.74. The third-order valence-electron chi connectivity index (χ3n) is 2.70. The zero-order valence-electron chi connectivity index (χ0n) is 9.54. The predicted octanol–water partition coefficient (Wildman–Crippen LogP) is 1.18. The van der Waals surface area contributed by atoms with Gasteiger partial charge in [0.15, 0.2) is 0 Å². The zero-order valence-corrected chi connectivity index (χ0v) is 9.54. The van der Waals surface area contributed by atoms with E-state index in [4.69, 9.17) is 5.11 Å². The summed E-state index contributed by atoms with van der Waals surface area (Å²) in [5, 5.41) is 9.00. The minimum atomic E-state index is -1.20. The van der Waals surface area contributed by atoms with Gasteiger partial charge in [-0.3, -0.25) is 9.48 Å². The van der Waals surface area contributed by atoms with Crippen molar-refractivity contribution < 1.29 is 9.90 Å². The Hall–Kier alpha value is -2.30. The van der Waals surface area contributed by atoms with E-state index in [1.807, 2.05) is 30.3 Å². The minimum Gasteiger partial charge on any atom is -0.477 e. The van der Waals surface area contributed by atoms with Crippen molar-refractivity contribution in [3.05, 3.63) is 51.9 Å². The van der Waals surface area contributed by atoms with Gasteiger partial charge in [0.25, 0.3) is 5.56 Å². The summed E-state index contributed by atoms with van der Waals surface area (Å²) in [6.07, 6.45) is 0. The first-order valence-corrected chi connectivity index (χ1v) is 5.11. The molecule has 0 atom stereocenters. The highest BCUT2D eigenvalue weighted by Crippen LogP contribution is 2.12. The van der Waals surface area contributed by atoms with Crippen LogP contribution in [0.4, 0.5) is 0 Å². The molecule has 1 aromatic carbocycles. The molecule has 5 heteroatoms. The molecule has 0 bridgehead atoms. The van der Waals surface area contributed by atoms with E-state index in [1.165, 1.54) is 4.68 Å². The molecular weight excluding hydrogens is 220 g/mol. The maximum absolute atomic E-state index is 11.8. The van der Waals surface area contributed by atoms with Crippen molar-refractivity contribution in [2.45, 2.75) is 6.92 Å². The summed E-state index contributed by atoms with van der Waals surface area (Å²) >= 11 is 0. The van der Waals surface area contributed by atoms with E-state index in [0.29, 0.717) is 5.69 Å². The summed E-state index contributed by atoms with van der Waals surface area (Å²) < 4.78 is 2.89. The number of carbonyl (C=O) groups is 1. The molecule has 2 rings (SSSR count). The molecule has 0 fully saturated rings. The van der Waals surface area contributed by atoms with Gasteiger partial charge in [0.05, 0.1) is 11.4 Å². The van der Waals surface area contributed by atoms with E-state index in [0.717, 1.165) is 5.69 Å². The van der Waals surface area contributed by atoms with Crippen LogP contribution in [0.1, 0.15) is 16.1 Å². The van der Waals surface area contributed by atoms with Crippen LogP contribution in [-0.4, -0.2) is 20.4 Å². The van der Waals surface area contributed by atoms with Gasteiger partial charge in [0.2, 0.25) is 0 Å². The molecule has 0 aliphatic rings. The lowest BCUT2D eigenvalue weighted by molar-refractivity contribution is 0.0694. The van der Waals surface area contributed by atoms with Crippen LogP contribution in [-0.2, 0) is 7.05 Å². The average molecular weight is 232 g/mol. The number of carboxylic acids is 1. The van der Waals surface area contributed by atoms with Gasteiger partial charge in [-0.25, -0.2) is 9.48 Å².